The Morgan fingerprint density at radius 3 is 2.93 bits per heavy atom. The Balaban J connectivity index is 2.50. The van der Waals surface area contributed by atoms with Gasteiger partial charge >= 0.3 is 0 Å². The largest absolute Gasteiger partial charge is 0.370 e. The zero-order valence-electron chi connectivity index (χ0n) is 8.95. The summed E-state index contributed by atoms with van der Waals surface area (Å²) in [6.07, 6.45) is 4.80. The summed E-state index contributed by atoms with van der Waals surface area (Å²) in [5.41, 5.74) is 0. The quantitative estimate of drug-likeness (QED) is 0.600. The molecule has 0 radical (unpaired) electrons. The van der Waals surface area contributed by atoms with Gasteiger partial charge in [0.25, 0.3) is 0 Å². The molecule has 0 saturated carbocycles. The van der Waals surface area contributed by atoms with E-state index >= 15 is 0 Å². The van der Waals surface area contributed by atoms with E-state index in [1.165, 1.54) is 6.42 Å². The molecule has 1 heterocycles. The SMILES string of the molecule is CCC(C)CNc1cc(SC)ncn1. The van der Waals surface area contributed by atoms with Crippen molar-refractivity contribution >= 4 is 17.6 Å². The third kappa shape index (κ3) is 3.54. The van der Waals surface area contributed by atoms with E-state index < -0.39 is 0 Å². The second kappa shape index (κ2) is 5.86. The van der Waals surface area contributed by atoms with Crippen LogP contribution in [0.25, 0.3) is 0 Å². The highest BCUT2D eigenvalue weighted by Gasteiger charge is 2.00. The van der Waals surface area contributed by atoms with Crippen molar-refractivity contribution in [1.82, 2.24) is 9.97 Å². The molecule has 0 saturated heterocycles. The second-order valence-electron chi connectivity index (χ2n) is 3.34. The third-order valence-corrected chi connectivity index (χ3v) is 2.82. The number of hydrogen-bond donors (Lipinski definition) is 1. The molecule has 1 aromatic rings. The monoisotopic (exact) mass is 211 g/mol. The minimum Gasteiger partial charge on any atom is -0.370 e. The van der Waals surface area contributed by atoms with Gasteiger partial charge < -0.3 is 5.32 Å². The molecule has 0 spiro atoms. The summed E-state index contributed by atoms with van der Waals surface area (Å²) in [5.74, 6) is 1.60. The number of anilines is 1. The lowest BCUT2D eigenvalue weighted by Gasteiger charge is -2.10. The van der Waals surface area contributed by atoms with Crippen LogP contribution in [-0.2, 0) is 0 Å². The molecule has 1 atom stereocenters. The number of aromatic nitrogens is 2. The van der Waals surface area contributed by atoms with E-state index in [9.17, 15) is 0 Å². The molecule has 0 bridgehead atoms. The fourth-order valence-corrected chi connectivity index (χ4v) is 1.35. The Kier molecular flexibility index (Phi) is 4.73. The van der Waals surface area contributed by atoms with Gasteiger partial charge in [-0.1, -0.05) is 20.3 Å². The van der Waals surface area contributed by atoms with Crippen molar-refractivity contribution in [2.24, 2.45) is 5.92 Å². The van der Waals surface area contributed by atoms with Gasteiger partial charge in [-0.25, -0.2) is 9.97 Å². The van der Waals surface area contributed by atoms with Crippen LogP contribution in [0, 0.1) is 5.92 Å². The predicted molar refractivity (Wildman–Crippen MR) is 61.8 cm³/mol. The first-order valence-electron chi connectivity index (χ1n) is 4.86. The Morgan fingerprint density at radius 2 is 2.29 bits per heavy atom. The summed E-state index contributed by atoms with van der Waals surface area (Å²) >= 11 is 1.63. The summed E-state index contributed by atoms with van der Waals surface area (Å²) in [7, 11) is 0. The maximum absolute atomic E-state index is 4.16. The van der Waals surface area contributed by atoms with Gasteiger partial charge in [0.15, 0.2) is 0 Å². The lowest BCUT2D eigenvalue weighted by Crippen LogP contribution is -2.11. The van der Waals surface area contributed by atoms with E-state index in [-0.39, 0.29) is 0 Å². The molecule has 0 aliphatic heterocycles. The first-order chi connectivity index (χ1) is 6.76. The van der Waals surface area contributed by atoms with Crippen LogP contribution in [0.15, 0.2) is 17.4 Å². The molecule has 1 unspecified atom stereocenters. The van der Waals surface area contributed by atoms with Crippen LogP contribution in [0.4, 0.5) is 5.82 Å². The van der Waals surface area contributed by atoms with Crippen LogP contribution in [0.3, 0.4) is 0 Å². The van der Waals surface area contributed by atoms with Gasteiger partial charge in [0.05, 0.1) is 0 Å². The van der Waals surface area contributed by atoms with Gasteiger partial charge in [0, 0.05) is 12.6 Å². The zero-order valence-corrected chi connectivity index (χ0v) is 9.77. The molecular formula is C10H17N3S. The van der Waals surface area contributed by atoms with E-state index in [0.29, 0.717) is 5.92 Å². The molecule has 0 aliphatic rings. The summed E-state index contributed by atoms with van der Waals surface area (Å²) < 4.78 is 0. The average Bonchev–Trinajstić information content (AvgIpc) is 2.26. The van der Waals surface area contributed by atoms with E-state index in [4.69, 9.17) is 0 Å². The Bertz CT molecular complexity index is 278. The standard InChI is InChI=1S/C10H17N3S/c1-4-8(2)6-11-9-5-10(14-3)13-7-12-9/h5,7-8H,4,6H2,1-3H3,(H,11,12,13). The minimum absolute atomic E-state index is 0.683. The molecule has 0 aliphatic carbocycles. The molecule has 78 valence electrons. The number of nitrogens with zero attached hydrogens (tertiary/aromatic N) is 2. The Morgan fingerprint density at radius 1 is 1.50 bits per heavy atom. The predicted octanol–water partition coefficient (Wildman–Crippen LogP) is 2.66. The summed E-state index contributed by atoms with van der Waals surface area (Å²) in [6, 6.07) is 1.98. The Labute approximate surface area is 89.7 Å². The van der Waals surface area contributed by atoms with Gasteiger partial charge in [-0.15, -0.1) is 11.8 Å². The third-order valence-electron chi connectivity index (χ3n) is 2.18. The maximum atomic E-state index is 4.16. The smallest absolute Gasteiger partial charge is 0.130 e. The Hall–Kier alpha value is -0.770. The molecular weight excluding hydrogens is 194 g/mol. The van der Waals surface area contributed by atoms with Crippen molar-refractivity contribution in [3.05, 3.63) is 12.4 Å². The van der Waals surface area contributed by atoms with Gasteiger partial charge in [-0.3, -0.25) is 0 Å². The first-order valence-corrected chi connectivity index (χ1v) is 6.08. The summed E-state index contributed by atoms with van der Waals surface area (Å²) in [6.45, 7) is 5.39. The maximum Gasteiger partial charge on any atom is 0.130 e. The highest BCUT2D eigenvalue weighted by atomic mass is 32.2. The average molecular weight is 211 g/mol. The molecule has 0 amide bonds. The van der Waals surface area contributed by atoms with Gasteiger partial charge in [-0.2, -0.15) is 0 Å². The zero-order chi connectivity index (χ0) is 10.4. The number of nitrogens with one attached hydrogen (secondary N) is 1. The summed E-state index contributed by atoms with van der Waals surface area (Å²) in [5, 5.41) is 4.31. The first kappa shape index (κ1) is 11.3. The van der Waals surface area contributed by atoms with Gasteiger partial charge in [0.1, 0.15) is 17.2 Å². The topological polar surface area (TPSA) is 37.8 Å². The van der Waals surface area contributed by atoms with Crippen molar-refractivity contribution in [3.8, 4) is 0 Å². The van der Waals surface area contributed by atoms with Crippen molar-refractivity contribution in [2.75, 3.05) is 18.1 Å². The van der Waals surface area contributed by atoms with Crippen molar-refractivity contribution in [2.45, 2.75) is 25.3 Å². The highest BCUT2D eigenvalue weighted by Crippen LogP contribution is 2.14. The van der Waals surface area contributed by atoms with Crippen LogP contribution >= 0.6 is 11.8 Å². The van der Waals surface area contributed by atoms with E-state index in [1.807, 2.05) is 12.3 Å². The molecule has 1 aromatic heterocycles. The molecule has 4 heteroatoms. The number of rotatable bonds is 5. The van der Waals surface area contributed by atoms with Crippen molar-refractivity contribution < 1.29 is 0 Å². The molecule has 3 nitrogen and oxygen atoms in total. The second-order valence-corrected chi connectivity index (χ2v) is 4.17. The van der Waals surface area contributed by atoms with Gasteiger partial charge in [0.2, 0.25) is 0 Å². The van der Waals surface area contributed by atoms with Gasteiger partial charge in [-0.05, 0) is 12.2 Å². The van der Waals surface area contributed by atoms with Crippen LogP contribution in [0.2, 0.25) is 0 Å². The van der Waals surface area contributed by atoms with Crippen molar-refractivity contribution in [1.29, 1.82) is 0 Å². The number of hydrogen-bond acceptors (Lipinski definition) is 4. The fourth-order valence-electron chi connectivity index (χ4n) is 0.971. The molecule has 14 heavy (non-hydrogen) atoms. The van der Waals surface area contributed by atoms with Crippen LogP contribution in [0.1, 0.15) is 20.3 Å². The van der Waals surface area contributed by atoms with E-state index in [1.54, 1.807) is 18.1 Å². The highest BCUT2D eigenvalue weighted by molar-refractivity contribution is 7.98. The summed E-state index contributed by atoms with van der Waals surface area (Å²) in [4.78, 5) is 8.28. The van der Waals surface area contributed by atoms with E-state index in [2.05, 4.69) is 29.1 Å². The van der Waals surface area contributed by atoms with Crippen LogP contribution < -0.4 is 5.32 Å². The lowest BCUT2D eigenvalue weighted by atomic mass is 10.1. The molecule has 1 N–H and O–H groups in total. The normalized spacial score (nSPS) is 12.5. The van der Waals surface area contributed by atoms with Crippen molar-refractivity contribution in [3.63, 3.8) is 0 Å². The van der Waals surface area contributed by atoms with E-state index in [0.717, 1.165) is 17.4 Å². The van der Waals surface area contributed by atoms with Crippen LogP contribution in [-0.4, -0.2) is 22.8 Å². The minimum atomic E-state index is 0.683. The molecule has 0 fully saturated rings. The fraction of sp³-hybridized carbons (Fsp3) is 0.600. The molecule has 1 rings (SSSR count). The number of thioether (sulfide) groups is 1. The lowest BCUT2D eigenvalue weighted by molar-refractivity contribution is 0.592. The molecule has 0 aromatic carbocycles. The van der Waals surface area contributed by atoms with Crippen LogP contribution in [0.5, 0.6) is 0 Å².